The summed E-state index contributed by atoms with van der Waals surface area (Å²) in [6.07, 6.45) is 5.14. The molecule has 1 aliphatic carbocycles. The Morgan fingerprint density at radius 1 is 1.26 bits per heavy atom. The van der Waals surface area contributed by atoms with Gasteiger partial charge in [0.25, 0.3) is 0 Å². The Labute approximate surface area is 114 Å². The van der Waals surface area contributed by atoms with Crippen LogP contribution in [0.15, 0.2) is 24.3 Å². The number of benzene rings is 1. The molecule has 0 bridgehead atoms. The Hall–Kier alpha value is -1.35. The van der Waals surface area contributed by atoms with Gasteiger partial charge in [0.2, 0.25) is 0 Å². The van der Waals surface area contributed by atoms with E-state index >= 15 is 0 Å². The van der Waals surface area contributed by atoms with E-state index in [2.05, 4.69) is 35.8 Å². The average molecular weight is 257 g/mol. The molecule has 1 aromatic heterocycles. The van der Waals surface area contributed by atoms with E-state index in [1.54, 1.807) is 0 Å². The molecule has 0 saturated heterocycles. The van der Waals surface area contributed by atoms with Gasteiger partial charge in [0.1, 0.15) is 5.82 Å². The van der Waals surface area contributed by atoms with Crippen LogP contribution in [-0.2, 0) is 6.54 Å². The molecule has 1 saturated carbocycles. The number of hydrogen-bond donors (Lipinski definition) is 1. The molecular weight excluding hydrogens is 234 g/mol. The van der Waals surface area contributed by atoms with Gasteiger partial charge in [-0.15, -0.1) is 0 Å². The van der Waals surface area contributed by atoms with E-state index in [4.69, 9.17) is 10.7 Å². The summed E-state index contributed by atoms with van der Waals surface area (Å²) in [5.41, 5.74) is 8.37. The van der Waals surface area contributed by atoms with Gasteiger partial charge < -0.3 is 10.3 Å². The molecule has 3 rings (SSSR count). The Balaban J connectivity index is 2.07. The van der Waals surface area contributed by atoms with Crippen LogP contribution in [0.5, 0.6) is 0 Å². The molecule has 2 aromatic rings. The van der Waals surface area contributed by atoms with Gasteiger partial charge in [-0.25, -0.2) is 4.98 Å². The second-order valence-corrected chi connectivity index (χ2v) is 5.59. The van der Waals surface area contributed by atoms with Gasteiger partial charge in [0, 0.05) is 12.5 Å². The van der Waals surface area contributed by atoms with E-state index in [1.807, 2.05) is 0 Å². The molecule has 1 aliphatic rings. The Morgan fingerprint density at radius 2 is 2.05 bits per heavy atom. The maximum absolute atomic E-state index is 5.98. The first-order valence-electron chi connectivity index (χ1n) is 7.50. The van der Waals surface area contributed by atoms with E-state index < -0.39 is 0 Å². The number of imidazole rings is 1. The van der Waals surface area contributed by atoms with Crippen molar-refractivity contribution in [1.29, 1.82) is 0 Å². The summed E-state index contributed by atoms with van der Waals surface area (Å²) in [5, 5.41) is 0. The van der Waals surface area contributed by atoms with Gasteiger partial charge in [-0.3, -0.25) is 0 Å². The second-order valence-electron chi connectivity index (χ2n) is 5.59. The zero-order chi connectivity index (χ0) is 13.2. The molecule has 2 unspecified atom stereocenters. The summed E-state index contributed by atoms with van der Waals surface area (Å²) in [6.45, 7) is 3.99. The van der Waals surface area contributed by atoms with Gasteiger partial charge in [-0.1, -0.05) is 25.0 Å². The molecule has 3 heteroatoms. The van der Waals surface area contributed by atoms with Crippen LogP contribution in [0.25, 0.3) is 11.0 Å². The van der Waals surface area contributed by atoms with E-state index in [9.17, 15) is 0 Å². The molecule has 2 N–H and O–H groups in total. The number of nitrogens with zero attached hydrogens (tertiary/aromatic N) is 2. The second kappa shape index (κ2) is 5.33. The molecule has 0 radical (unpaired) electrons. The quantitative estimate of drug-likeness (QED) is 0.917. The largest absolute Gasteiger partial charge is 0.330 e. The standard InChI is InChI=1S/C16H23N3/c1-2-19-15-10-6-5-9-14(15)18-16(19)13-8-4-3-7-12(13)11-17/h5-6,9-10,12-13H,2-4,7-8,11,17H2,1H3. The van der Waals surface area contributed by atoms with Crippen molar-refractivity contribution in [3.63, 3.8) is 0 Å². The first kappa shape index (κ1) is 12.7. The van der Waals surface area contributed by atoms with Crippen LogP contribution in [-0.4, -0.2) is 16.1 Å². The maximum atomic E-state index is 5.98. The van der Waals surface area contributed by atoms with E-state index in [0.717, 1.165) is 18.6 Å². The van der Waals surface area contributed by atoms with Gasteiger partial charge in [-0.05, 0) is 44.4 Å². The van der Waals surface area contributed by atoms with Gasteiger partial charge >= 0.3 is 0 Å². The lowest BCUT2D eigenvalue weighted by Crippen LogP contribution is -2.27. The minimum absolute atomic E-state index is 0.547. The number of rotatable bonds is 3. The lowest BCUT2D eigenvalue weighted by atomic mass is 9.78. The number of nitrogens with two attached hydrogens (primary N) is 1. The average Bonchev–Trinajstić information content (AvgIpc) is 2.85. The maximum Gasteiger partial charge on any atom is 0.113 e. The highest BCUT2D eigenvalue weighted by atomic mass is 15.1. The number of aromatic nitrogens is 2. The van der Waals surface area contributed by atoms with Crippen molar-refractivity contribution in [2.45, 2.75) is 45.1 Å². The zero-order valence-corrected chi connectivity index (χ0v) is 11.7. The first-order valence-corrected chi connectivity index (χ1v) is 7.50. The zero-order valence-electron chi connectivity index (χ0n) is 11.7. The third kappa shape index (κ3) is 2.16. The molecule has 102 valence electrons. The van der Waals surface area contributed by atoms with Crippen molar-refractivity contribution in [1.82, 2.24) is 9.55 Å². The summed E-state index contributed by atoms with van der Waals surface area (Å²) in [5.74, 6) is 2.42. The first-order chi connectivity index (χ1) is 9.35. The van der Waals surface area contributed by atoms with Gasteiger partial charge in [0.15, 0.2) is 0 Å². The Morgan fingerprint density at radius 3 is 2.84 bits per heavy atom. The van der Waals surface area contributed by atoms with Crippen molar-refractivity contribution in [3.8, 4) is 0 Å². The summed E-state index contributed by atoms with van der Waals surface area (Å²) >= 11 is 0. The predicted molar refractivity (Wildman–Crippen MR) is 79.2 cm³/mol. The minimum atomic E-state index is 0.547. The SMILES string of the molecule is CCn1c(C2CCCCC2CN)nc2ccccc21. The van der Waals surface area contributed by atoms with Crippen LogP contribution in [0.3, 0.4) is 0 Å². The molecule has 0 aliphatic heterocycles. The number of hydrogen-bond acceptors (Lipinski definition) is 2. The third-order valence-corrected chi connectivity index (χ3v) is 4.54. The number of fused-ring (bicyclic) bond motifs is 1. The van der Waals surface area contributed by atoms with Gasteiger partial charge in [-0.2, -0.15) is 0 Å². The fraction of sp³-hybridized carbons (Fsp3) is 0.562. The van der Waals surface area contributed by atoms with Gasteiger partial charge in [0.05, 0.1) is 11.0 Å². The molecule has 1 heterocycles. The molecule has 19 heavy (non-hydrogen) atoms. The van der Waals surface area contributed by atoms with Crippen LogP contribution >= 0.6 is 0 Å². The van der Waals surface area contributed by atoms with Crippen molar-refractivity contribution in [2.24, 2.45) is 11.7 Å². The highest BCUT2D eigenvalue weighted by molar-refractivity contribution is 5.76. The molecule has 1 aromatic carbocycles. The third-order valence-electron chi connectivity index (χ3n) is 4.54. The molecule has 0 spiro atoms. The number of para-hydroxylation sites is 2. The summed E-state index contributed by atoms with van der Waals surface area (Å²) in [7, 11) is 0. The topological polar surface area (TPSA) is 43.8 Å². The van der Waals surface area contributed by atoms with Crippen LogP contribution in [0, 0.1) is 5.92 Å². The molecule has 3 nitrogen and oxygen atoms in total. The van der Waals surface area contributed by atoms with Crippen LogP contribution < -0.4 is 5.73 Å². The van der Waals surface area contributed by atoms with Crippen LogP contribution in [0.4, 0.5) is 0 Å². The Kier molecular flexibility index (Phi) is 3.56. The van der Waals surface area contributed by atoms with Crippen LogP contribution in [0.2, 0.25) is 0 Å². The molecular formula is C16H23N3. The van der Waals surface area contributed by atoms with Crippen molar-refractivity contribution >= 4 is 11.0 Å². The van der Waals surface area contributed by atoms with E-state index in [1.165, 1.54) is 37.0 Å². The lowest BCUT2D eigenvalue weighted by molar-refractivity contribution is 0.299. The lowest BCUT2D eigenvalue weighted by Gasteiger charge is -2.30. The smallest absolute Gasteiger partial charge is 0.113 e. The fourth-order valence-corrected chi connectivity index (χ4v) is 3.54. The summed E-state index contributed by atoms with van der Waals surface area (Å²) < 4.78 is 2.38. The highest BCUT2D eigenvalue weighted by Crippen LogP contribution is 2.37. The van der Waals surface area contributed by atoms with E-state index in [0.29, 0.717) is 11.8 Å². The summed E-state index contributed by atoms with van der Waals surface area (Å²) in [6, 6.07) is 8.46. The van der Waals surface area contributed by atoms with Crippen LogP contribution in [0.1, 0.15) is 44.3 Å². The van der Waals surface area contributed by atoms with Crippen molar-refractivity contribution in [3.05, 3.63) is 30.1 Å². The molecule has 0 amide bonds. The van der Waals surface area contributed by atoms with Crippen molar-refractivity contribution < 1.29 is 0 Å². The fourth-order valence-electron chi connectivity index (χ4n) is 3.54. The minimum Gasteiger partial charge on any atom is -0.330 e. The normalized spacial score (nSPS) is 23.9. The monoisotopic (exact) mass is 257 g/mol. The Bertz CT molecular complexity index is 558. The number of aryl methyl sites for hydroxylation is 1. The van der Waals surface area contributed by atoms with E-state index in [-0.39, 0.29) is 0 Å². The highest BCUT2D eigenvalue weighted by Gasteiger charge is 2.29. The molecule has 2 atom stereocenters. The van der Waals surface area contributed by atoms with Crippen molar-refractivity contribution in [2.75, 3.05) is 6.54 Å². The summed E-state index contributed by atoms with van der Waals surface area (Å²) in [4.78, 5) is 4.91. The predicted octanol–water partition coefficient (Wildman–Crippen LogP) is 3.29. The molecule has 1 fully saturated rings.